The largest absolute Gasteiger partial charge is 0.323 e. The van der Waals surface area contributed by atoms with Crippen molar-refractivity contribution in [2.75, 3.05) is 5.75 Å². The number of hydrogen-bond donors (Lipinski definition) is 1. The maximum absolute atomic E-state index is 12.7. The van der Waals surface area contributed by atoms with E-state index in [0.29, 0.717) is 18.1 Å². The van der Waals surface area contributed by atoms with Gasteiger partial charge in [-0.2, -0.15) is 11.8 Å². The van der Waals surface area contributed by atoms with Gasteiger partial charge in [0.2, 0.25) is 5.91 Å². The highest BCUT2D eigenvalue weighted by Gasteiger charge is 2.60. The zero-order valence-electron chi connectivity index (χ0n) is 12.2. The van der Waals surface area contributed by atoms with Crippen LogP contribution in [0.4, 0.5) is 0 Å². The van der Waals surface area contributed by atoms with Gasteiger partial charge in [-0.05, 0) is 44.3 Å². The van der Waals surface area contributed by atoms with Crippen molar-refractivity contribution >= 4 is 17.7 Å². The SMILES string of the molecule is CCCC1NC2(CC2)C(=O)N1C1CCC(SCC)C1. The first-order valence-electron chi connectivity index (χ1n) is 7.92. The van der Waals surface area contributed by atoms with Crippen LogP contribution in [-0.2, 0) is 4.79 Å². The lowest BCUT2D eigenvalue weighted by molar-refractivity contribution is -0.133. The molecule has 3 aliphatic rings. The second-order valence-electron chi connectivity index (χ2n) is 6.29. The number of thioether (sulfide) groups is 1. The molecule has 1 amide bonds. The van der Waals surface area contributed by atoms with E-state index in [1.807, 2.05) is 0 Å². The maximum atomic E-state index is 12.7. The Morgan fingerprint density at radius 2 is 2.16 bits per heavy atom. The lowest BCUT2D eigenvalue weighted by Crippen LogP contribution is -2.43. The van der Waals surface area contributed by atoms with E-state index < -0.39 is 0 Å². The van der Waals surface area contributed by atoms with Crippen molar-refractivity contribution in [2.24, 2.45) is 0 Å². The minimum absolute atomic E-state index is 0.129. The molecule has 1 aliphatic heterocycles. The Balaban J connectivity index is 1.69. The molecule has 2 saturated carbocycles. The van der Waals surface area contributed by atoms with E-state index in [9.17, 15) is 4.79 Å². The number of nitrogens with one attached hydrogen (secondary N) is 1. The van der Waals surface area contributed by atoms with Gasteiger partial charge in [0.05, 0.1) is 11.7 Å². The van der Waals surface area contributed by atoms with Gasteiger partial charge in [-0.15, -0.1) is 0 Å². The molecule has 3 nitrogen and oxygen atoms in total. The molecule has 1 N–H and O–H groups in total. The smallest absolute Gasteiger partial charge is 0.244 e. The molecule has 1 spiro atoms. The quantitative estimate of drug-likeness (QED) is 0.841. The van der Waals surface area contributed by atoms with Crippen LogP contribution in [0, 0.1) is 0 Å². The second kappa shape index (κ2) is 5.28. The molecule has 0 aromatic heterocycles. The number of rotatable bonds is 5. The van der Waals surface area contributed by atoms with Crippen LogP contribution in [0.5, 0.6) is 0 Å². The molecule has 0 aromatic carbocycles. The maximum Gasteiger partial charge on any atom is 0.244 e. The Hall–Kier alpha value is -0.220. The summed E-state index contributed by atoms with van der Waals surface area (Å²) in [6, 6.07) is 0.501. The summed E-state index contributed by atoms with van der Waals surface area (Å²) in [7, 11) is 0. The van der Waals surface area contributed by atoms with Gasteiger partial charge in [-0.25, -0.2) is 0 Å². The summed E-state index contributed by atoms with van der Waals surface area (Å²) in [4.78, 5) is 14.9. The highest BCUT2D eigenvalue weighted by Crippen LogP contribution is 2.45. The molecule has 3 unspecified atom stereocenters. The van der Waals surface area contributed by atoms with Crippen molar-refractivity contribution in [1.29, 1.82) is 0 Å². The van der Waals surface area contributed by atoms with E-state index in [2.05, 4.69) is 35.8 Å². The second-order valence-corrected chi connectivity index (χ2v) is 7.86. The first kappa shape index (κ1) is 13.7. The van der Waals surface area contributed by atoms with Gasteiger partial charge in [0.15, 0.2) is 0 Å². The van der Waals surface area contributed by atoms with Crippen LogP contribution in [0.1, 0.15) is 58.8 Å². The molecule has 4 heteroatoms. The fourth-order valence-corrected chi connectivity index (χ4v) is 4.92. The first-order chi connectivity index (χ1) is 9.20. The zero-order valence-corrected chi connectivity index (χ0v) is 13.0. The summed E-state index contributed by atoms with van der Waals surface area (Å²) in [5.74, 6) is 1.62. The van der Waals surface area contributed by atoms with Gasteiger partial charge >= 0.3 is 0 Å². The van der Waals surface area contributed by atoms with Crippen molar-refractivity contribution in [2.45, 2.75) is 81.8 Å². The lowest BCUT2D eigenvalue weighted by Gasteiger charge is -2.30. The summed E-state index contributed by atoms with van der Waals surface area (Å²) >= 11 is 2.07. The molecule has 1 heterocycles. The predicted molar refractivity (Wildman–Crippen MR) is 80.2 cm³/mol. The van der Waals surface area contributed by atoms with E-state index in [-0.39, 0.29) is 5.54 Å². The van der Waals surface area contributed by atoms with Gasteiger partial charge < -0.3 is 4.90 Å². The van der Waals surface area contributed by atoms with Crippen LogP contribution in [0.15, 0.2) is 0 Å². The predicted octanol–water partition coefficient (Wildman–Crippen LogP) is 2.75. The highest BCUT2D eigenvalue weighted by molar-refractivity contribution is 7.99. The summed E-state index contributed by atoms with van der Waals surface area (Å²) in [6.07, 6.45) is 8.40. The van der Waals surface area contributed by atoms with Crippen molar-refractivity contribution < 1.29 is 4.79 Å². The molecule has 2 aliphatic carbocycles. The molecule has 0 aromatic rings. The molecule has 19 heavy (non-hydrogen) atoms. The number of hydrogen-bond acceptors (Lipinski definition) is 3. The lowest BCUT2D eigenvalue weighted by atomic mass is 10.1. The Morgan fingerprint density at radius 3 is 2.79 bits per heavy atom. The van der Waals surface area contributed by atoms with Crippen LogP contribution >= 0.6 is 11.8 Å². The molecule has 0 radical (unpaired) electrons. The van der Waals surface area contributed by atoms with Crippen molar-refractivity contribution in [3.8, 4) is 0 Å². The highest BCUT2D eigenvalue weighted by atomic mass is 32.2. The third-order valence-electron chi connectivity index (χ3n) is 4.89. The average molecular weight is 282 g/mol. The van der Waals surface area contributed by atoms with E-state index in [0.717, 1.165) is 30.9 Å². The molecule has 3 atom stereocenters. The molecule has 0 bridgehead atoms. The minimum Gasteiger partial charge on any atom is -0.323 e. The van der Waals surface area contributed by atoms with E-state index in [1.54, 1.807) is 0 Å². The molecular weight excluding hydrogens is 256 g/mol. The molecule has 3 fully saturated rings. The van der Waals surface area contributed by atoms with Gasteiger partial charge in [0, 0.05) is 11.3 Å². The Morgan fingerprint density at radius 1 is 1.37 bits per heavy atom. The third kappa shape index (κ3) is 2.42. The average Bonchev–Trinajstić information content (AvgIpc) is 2.94. The fraction of sp³-hybridized carbons (Fsp3) is 0.933. The van der Waals surface area contributed by atoms with Crippen molar-refractivity contribution in [1.82, 2.24) is 10.2 Å². The van der Waals surface area contributed by atoms with Gasteiger partial charge in [0.1, 0.15) is 0 Å². The summed E-state index contributed by atoms with van der Waals surface area (Å²) < 4.78 is 0. The van der Waals surface area contributed by atoms with Gasteiger partial charge in [-0.1, -0.05) is 20.3 Å². The van der Waals surface area contributed by atoms with Crippen LogP contribution in [0.25, 0.3) is 0 Å². The summed E-state index contributed by atoms with van der Waals surface area (Å²) in [5.41, 5.74) is -0.129. The monoisotopic (exact) mass is 282 g/mol. The topological polar surface area (TPSA) is 32.3 Å². The van der Waals surface area contributed by atoms with Crippen LogP contribution in [-0.4, -0.2) is 39.6 Å². The number of amides is 1. The Kier molecular flexibility index (Phi) is 3.82. The standard InChI is InChI=1S/C15H26N2OS/c1-3-5-13-16-15(8-9-15)14(18)17(13)11-6-7-12(10-11)19-4-2/h11-13,16H,3-10H2,1-2H3. The summed E-state index contributed by atoms with van der Waals surface area (Å²) in [6.45, 7) is 4.45. The Labute approximate surface area is 120 Å². The normalized spacial score (nSPS) is 36.4. The minimum atomic E-state index is -0.129. The first-order valence-corrected chi connectivity index (χ1v) is 8.97. The van der Waals surface area contributed by atoms with E-state index in [1.165, 1.54) is 25.0 Å². The fourth-order valence-electron chi connectivity index (χ4n) is 3.78. The number of carbonyl (C=O) groups excluding carboxylic acids is 1. The molecule has 3 rings (SSSR count). The molecule has 108 valence electrons. The molecule has 1 saturated heterocycles. The number of carbonyl (C=O) groups is 1. The van der Waals surface area contributed by atoms with Crippen LogP contribution in [0.2, 0.25) is 0 Å². The van der Waals surface area contributed by atoms with E-state index in [4.69, 9.17) is 0 Å². The third-order valence-corrected chi connectivity index (χ3v) is 6.12. The zero-order chi connectivity index (χ0) is 13.5. The molecular formula is C15H26N2OS. The van der Waals surface area contributed by atoms with E-state index >= 15 is 0 Å². The van der Waals surface area contributed by atoms with Crippen molar-refractivity contribution in [3.05, 3.63) is 0 Å². The van der Waals surface area contributed by atoms with Gasteiger partial charge in [0.25, 0.3) is 0 Å². The van der Waals surface area contributed by atoms with Gasteiger partial charge in [-0.3, -0.25) is 10.1 Å². The number of nitrogens with zero attached hydrogens (tertiary/aromatic N) is 1. The van der Waals surface area contributed by atoms with Crippen LogP contribution in [0.3, 0.4) is 0 Å². The Bertz CT molecular complexity index is 356. The van der Waals surface area contributed by atoms with Crippen molar-refractivity contribution in [3.63, 3.8) is 0 Å². The van der Waals surface area contributed by atoms with Crippen LogP contribution < -0.4 is 5.32 Å². The summed E-state index contributed by atoms with van der Waals surface area (Å²) in [5, 5.41) is 4.41.